The first-order chi connectivity index (χ1) is 20.9. The zero-order chi connectivity index (χ0) is 31.7. The molecule has 9 nitrogen and oxygen atoms in total. The molecule has 0 saturated heterocycles. The lowest BCUT2D eigenvalue weighted by Gasteiger charge is -2.19. The van der Waals surface area contributed by atoms with Gasteiger partial charge in [-0.25, -0.2) is 15.1 Å². The van der Waals surface area contributed by atoms with Crippen LogP contribution in [0.2, 0.25) is 0 Å². The summed E-state index contributed by atoms with van der Waals surface area (Å²) in [6.07, 6.45) is -1.04. The van der Waals surface area contributed by atoms with Crippen molar-refractivity contribution in [2.24, 2.45) is 5.92 Å². The first-order valence-corrected chi connectivity index (χ1v) is 15.4. The SMILES string of the molecule is CC(C)CO[C@H](C)ONC(=O)c1cc2ccc(CNCc3ccc(Oc4cccc(NC(=O)OC(C)(C)C)c4)cc3)cc2s1. The summed E-state index contributed by atoms with van der Waals surface area (Å²) in [6, 6.07) is 23.1. The summed E-state index contributed by atoms with van der Waals surface area (Å²) in [6.45, 7) is 13.2. The number of rotatable bonds is 13. The Morgan fingerprint density at radius 3 is 2.32 bits per heavy atom. The van der Waals surface area contributed by atoms with E-state index < -0.39 is 18.0 Å². The molecule has 1 aromatic heterocycles. The fraction of sp³-hybridized carbons (Fsp3) is 0.353. The number of thiophene rings is 1. The monoisotopic (exact) mass is 619 g/mol. The van der Waals surface area contributed by atoms with Gasteiger partial charge in [-0.15, -0.1) is 11.3 Å². The van der Waals surface area contributed by atoms with Crippen LogP contribution in [0.1, 0.15) is 62.3 Å². The second-order valence-corrected chi connectivity index (χ2v) is 12.9. The Balaban J connectivity index is 1.24. The number of nitrogens with one attached hydrogen (secondary N) is 3. The topological polar surface area (TPSA) is 107 Å². The summed E-state index contributed by atoms with van der Waals surface area (Å²) >= 11 is 1.43. The van der Waals surface area contributed by atoms with Gasteiger partial charge in [0, 0.05) is 29.5 Å². The molecule has 4 rings (SSSR count). The van der Waals surface area contributed by atoms with E-state index in [2.05, 4.69) is 42.1 Å². The number of hydrogen-bond donors (Lipinski definition) is 3. The summed E-state index contributed by atoms with van der Waals surface area (Å²) in [5.74, 6) is 1.39. The highest BCUT2D eigenvalue weighted by molar-refractivity contribution is 7.20. The first-order valence-electron chi connectivity index (χ1n) is 14.6. The Kier molecular flexibility index (Phi) is 11.4. The largest absolute Gasteiger partial charge is 0.457 e. The Bertz CT molecular complexity index is 1540. The highest BCUT2D eigenvalue weighted by atomic mass is 32.1. The minimum Gasteiger partial charge on any atom is -0.457 e. The zero-order valence-corrected chi connectivity index (χ0v) is 26.9. The molecule has 0 radical (unpaired) electrons. The number of carbonyl (C=O) groups is 2. The molecule has 1 atom stereocenters. The summed E-state index contributed by atoms with van der Waals surface area (Å²) in [4.78, 5) is 30.6. The van der Waals surface area contributed by atoms with Gasteiger partial charge in [-0.3, -0.25) is 10.1 Å². The molecule has 0 fully saturated rings. The lowest BCUT2D eigenvalue weighted by Crippen LogP contribution is -2.29. The average Bonchev–Trinajstić information content (AvgIpc) is 3.38. The van der Waals surface area contributed by atoms with Crippen molar-refractivity contribution in [1.82, 2.24) is 10.8 Å². The second-order valence-electron chi connectivity index (χ2n) is 11.8. The third kappa shape index (κ3) is 10.6. The number of anilines is 1. The molecule has 3 aromatic carbocycles. The van der Waals surface area contributed by atoms with Crippen molar-refractivity contribution >= 4 is 39.1 Å². The molecular formula is C34H41N3O6S. The molecule has 0 saturated carbocycles. The van der Waals surface area contributed by atoms with Crippen LogP contribution in [0, 0.1) is 5.92 Å². The third-order valence-corrected chi connectivity index (χ3v) is 7.18. The molecule has 1 heterocycles. The Morgan fingerprint density at radius 2 is 1.59 bits per heavy atom. The second kappa shape index (κ2) is 15.2. The minimum absolute atomic E-state index is 0.288. The van der Waals surface area contributed by atoms with Crippen LogP contribution < -0.4 is 20.9 Å². The van der Waals surface area contributed by atoms with Crippen LogP contribution >= 0.6 is 11.3 Å². The van der Waals surface area contributed by atoms with E-state index >= 15 is 0 Å². The molecule has 4 aromatic rings. The van der Waals surface area contributed by atoms with Gasteiger partial charge in [0.25, 0.3) is 5.91 Å². The van der Waals surface area contributed by atoms with Crippen molar-refractivity contribution < 1.29 is 28.6 Å². The number of carbonyl (C=O) groups excluding carboxylic acids is 2. The van der Waals surface area contributed by atoms with Crippen LogP contribution in [0.3, 0.4) is 0 Å². The Morgan fingerprint density at radius 1 is 0.864 bits per heavy atom. The van der Waals surface area contributed by atoms with Gasteiger partial charge in [-0.1, -0.05) is 44.2 Å². The quantitative estimate of drug-likeness (QED) is 0.103. The highest BCUT2D eigenvalue weighted by Gasteiger charge is 2.16. The lowest BCUT2D eigenvalue weighted by atomic mass is 10.1. The maximum Gasteiger partial charge on any atom is 0.412 e. The molecule has 0 aliphatic heterocycles. The molecule has 234 valence electrons. The predicted octanol–water partition coefficient (Wildman–Crippen LogP) is 8.01. The van der Waals surface area contributed by atoms with E-state index in [1.165, 1.54) is 11.3 Å². The fourth-order valence-electron chi connectivity index (χ4n) is 4.07. The molecule has 44 heavy (non-hydrogen) atoms. The van der Waals surface area contributed by atoms with Crippen LogP contribution in [-0.4, -0.2) is 30.5 Å². The van der Waals surface area contributed by atoms with E-state index in [1.54, 1.807) is 19.1 Å². The maximum atomic E-state index is 12.6. The average molecular weight is 620 g/mol. The van der Waals surface area contributed by atoms with E-state index in [0.29, 0.717) is 47.7 Å². The predicted molar refractivity (Wildman–Crippen MR) is 174 cm³/mol. The number of hydroxylamine groups is 1. The van der Waals surface area contributed by atoms with Crippen LogP contribution in [0.4, 0.5) is 10.5 Å². The van der Waals surface area contributed by atoms with Crippen molar-refractivity contribution in [2.45, 2.75) is 66.5 Å². The van der Waals surface area contributed by atoms with Gasteiger partial charge in [-0.2, -0.15) is 0 Å². The van der Waals surface area contributed by atoms with Gasteiger partial charge in [0.1, 0.15) is 17.1 Å². The summed E-state index contributed by atoms with van der Waals surface area (Å²) in [5.41, 5.74) is 4.74. The molecule has 10 heteroatoms. The van der Waals surface area contributed by atoms with Crippen molar-refractivity contribution in [1.29, 1.82) is 0 Å². The molecule has 2 amide bonds. The summed E-state index contributed by atoms with van der Waals surface area (Å²) < 4.78 is 17.9. The van der Waals surface area contributed by atoms with Gasteiger partial charge in [0.15, 0.2) is 6.29 Å². The first kappa shape index (κ1) is 32.9. The smallest absolute Gasteiger partial charge is 0.412 e. The van der Waals surface area contributed by atoms with E-state index in [9.17, 15) is 9.59 Å². The molecule has 0 unspecified atom stereocenters. The van der Waals surface area contributed by atoms with Crippen LogP contribution in [0.25, 0.3) is 10.1 Å². The Hall–Kier alpha value is -3.96. The van der Waals surface area contributed by atoms with Crippen molar-refractivity contribution in [3.63, 3.8) is 0 Å². The van der Waals surface area contributed by atoms with Gasteiger partial charge >= 0.3 is 6.09 Å². The van der Waals surface area contributed by atoms with Crippen LogP contribution in [0.15, 0.2) is 72.8 Å². The molecule has 0 spiro atoms. The minimum atomic E-state index is -0.575. The lowest BCUT2D eigenvalue weighted by molar-refractivity contribution is -0.163. The number of amides is 2. The van der Waals surface area contributed by atoms with Gasteiger partial charge in [-0.05, 0) is 86.5 Å². The number of benzene rings is 3. The van der Waals surface area contributed by atoms with Crippen molar-refractivity contribution in [3.8, 4) is 11.5 Å². The van der Waals surface area contributed by atoms with Gasteiger partial charge in [0.2, 0.25) is 0 Å². The van der Waals surface area contributed by atoms with Crippen molar-refractivity contribution in [2.75, 3.05) is 11.9 Å². The summed E-state index contributed by atoms with van der Waals surface area (Å²) in [7, 11) is 0. The highest BCUT2D eigenvalue weighted by Crippen LogP contribution is 2.27. The van der Waals surface area contributed by atoms with Gasteiger partial charge < -0.3 is 19.5 Å². The normalized spacial score (nSPS) is 12.2. The van der Waals surface area contributed by atoms with Crippen LogP contribution in [-0.2, 0) is 27.4 Å². The summed E-state index contributed by atoms with van der Waals surface area (Å²) in [5, 5.41) is 7.21. The Labute approximate surface area is 262 Å². The zero-order valence-electron chi connectivity index (χ0n) is 26.1. The van der Waals surface area contributed by atoms with E-state index in [0.717, 1.165) is 21.2 Å². The fourth-order valence-corrected chi connectivity index (χ4v) is 5.08. The standard InChI is InChI=1S/C34H41N3O6S/c1-22(2)21-40-23(3)43-37-32(38)31-17-26-13-10-25(16-30(26)44-31)20-35-19-24-11-14-28(15-12-24)41-29-9-7-8-27(18-29)36-33(39)42-34(4,5)6/h7-18,22-23,35H,19-21H2,1-6H3,(H,36,39)(H,37,38)/t23-/m0/s1. The number of hydrogen-bond acceptors (Lipinski definition) is 8. The van der Waals surface area contributed by atoms with E-state index in [-0.39, 0.29) is 5.91 Å². The van der Waals surface area contributed by atoms with Crippen molar-refractivity contribution in [3.05, 3.63) is 88.8 Å². The number of fused-ring (bicyclic) bond motifs is 1. The van der Waals surface area contributed by atoms with E-state index in [1.807, 2.05) is 69.3 Å². The van der Waals surface area contributed by atoms with Gasteiger partial charge in [0.05, 0.1) is 11.5 Å². The molecule has 0 bridgehead atoms. The van der Waals surface area contributed by atoms with E-state index in [4.69, 9.17) is 19.0 Å². The molecule has 0 aliphatic rings. The maximum absolute atomic E-state index is 12.6. The third-order valence-electron chi connectivity index (χ3n) is 6.09. The van der Waals surface area contributed by atoms with Crippen LogP contribution in [0.5, 0.6) is 11.5 Å². The molecule has 3 N–H and O–H groups in total. The number of ether oxygens (including phenoxy) is 3. The molecular weight excluding hydrogens is 578 g/mol. The molecule has 0 aliphatic carbocycles.